The molecule has 2 N–H and O–H groups in total. The van der Waals surface area contributed by atoms with Gasteiger partial charge in [0.05, 0.1) is 19.2 Å². The average Bonchev–Trinajstić information content (AvgIpc) is 2.58. The highest BCUT2D eigenvalue weighted by molar-refractivity contribution is 5.33. The second kappa shape index (κ2) is 9.02. The van der Waals surface area contributed by atoms with Crippen molar-refractivity contribution >= 4 is 0 Å². The molecule has 136 valence electrons. The number of rotatable bonds is 8. The van der Waals surface area contributed by atoms with Crippen LogP contribution in [0.1, 0.15) is 56.5 Å². The van der Waals surface area contributed by atoms with E-state index in [-0.39, 0.29) is 12.1 Å². The van der Waals surface area contributed by atoms with Crippen LogP contribution in [0.3, 0.4) is 0 Å². The molecule has 2 aromatic rings. The molecule has 0 spiro atoms. The van der Waals surface area contributed by atoms with Crippen molar-refractivity contribution in [3.63, 3.8) is 0 Å². The Labute approximate surface area is 152 Å². The molecule has 2 aromatic carbocycles. The molecule has 0 saturated carbocycles. The van der Waals surface area contributed by atoms with Crippen LogP contribution in [0.25, 0.3) is 0 Å². The topological polar surface area (TPSA) is 33.3 Å². The highest BCUT2D eigenvalue weighted by atomic mass is 16.5. The van der Waals surface area contributed by atoms with Crippen molar-refractivity contribution in [2.75, 3.05) is 7.11 Å². The standard InChI is InChI=1S/C22H32N2O/c1-15(2)23-21(18-9-7-17(5)8-10-18)22(24-16(3)4)19-11-13-20(25-6)14-12-19/h7-16,21-24H,1-6H3/t21-,22-/m0/s1. The minimum Gasteiger partial charge on any atom is -0.497 e. The summed E-state index contributed by atoms with van der Waals surface area (Å²) in [5.74, 6) is 0.885. The number of aryl methyl sites for hydroxylation is 1. The van der Waals surface area contributed by atoms with E-state index in [1.807, 2.05) is 12.1 Å². The maximum absolute atomic E-state index is 5.32. The van der Waals surface area contributed by atoms with Crippen molar-refractivity contribution in [1.29, 1.82) is 0 Å². The van der Waals surface area contributed by atoms with Gasteiger partial charge in [0.1, 0.15) is 5.75 Å². The summed E-state index contributed by atoms with van der Waals surface area (Å²) in [6, 6.07) is 18.3. The van der Waals surface area contributed by atoms with E-state index in [0.717, 1.165) is 5.75 Å². The van der Waals surface area contributed by atoms with Crippen molar-refractivity contribution in [3.8, 4) is 5.75 Å². The Morgan fingerprint density at radius 3 is 1.44 bits per heavy atom. The molecule has 0 heterocycles. The molecule has 0 aromatic heterocycles. The molecular weight excluding hydrogens is 308 g/mol. The molecule has 0 radical (unpaired) electrons. The first-order chi connectivity index (χ1) is 11.9. The largest absolute Gasteiger partial charge is 0.497 e. The minimum absolute atomic E-state index is 0.177. The van der Waals surface area contributed by atoms with E-state index in [9.17, 15) is 0 Å². The third kappa shape index (κ3) is 5.58. The van der Waals surface area contributed by atoms with Gasteiger partial charge in [-0.15, -0.1) is 0 Å². The van der Waals surface area contributed by atoms with Gasteiger partial charge < -0.3 is 15.4 Å². The van der Waals surface area contributed by atoms with E-state index in [1.54, 1.807) is 7.11 Å². The van der Waals surface area contributed by atoms with Gasteiger partial charge in [0.2, 0.25) is 0 Å². The van der Waals surface area contributed by atoms with E-state index in [1.165, 1.54) is 16.7 Å². The summed E-state index contributed by atoms with van der Waals surface area (Å²) in [7, 11) is 1.70. The van der Waals surface area contributed by atoms with Crippen molar-refractivity contribution in [2.45, 2.75) is 58.8 Å². The monoisotopic (exact) mass is 340 g/mol. The van der Waals surface area contributed by atoms with Gasteiger partial charge in [0, 0.05) is 12.1 Å². The molecule has 0 fully saturated rings. The predicted molar refractivity (Wildman–Crippen MR) is 106 cm³/mol. The van der Waals surface area contributed by atoms with Crippen LogP contribution in [0.15, 0.2) is 48.5 Å². The second-order valence-electron chi connectivity index (χ2n) is 7.28. The molecule has 2 rings (SSSR count). The first-order valence-electron chi connectivity index (χ1n) is 9.13. The maximum Gasteiger partial charge on any atom is 0.118 e. The lowest BCUT2D eigenvalue weighted by Gasteiger charge is -2.33. The minimum atomic E-state index is 0.177. The molecule has 0 aliphatic heterocycles. The molecule has 0 aliphatic carbocycles. The number of benzene rings is 2. The van der Waals surface area contributed by atoms with E-state index in [2.05, 4.69) is 81.7 Å². The van der Waals surface area contributed by atoms with Gasteiger partial charge in [-0.3, -0.25) is 0 Å². The van der Waals surface area contributed by atoms with Crippen LogP contribution in [0.2, 0.25) is 0 Å². The van der Waals surface area contributed by atoms with Gasteiger partial charge in [-0.2, -0.15) is 0 Å². The summed E-state index contributed by atoms with van der Waals surface area (Å²) in [5.41, 5.74) is 3.84. The Hall–Kier alpha value is -1.84. The van der Waals surface area contributed by atoms with Crippen LogP contribution in [-0.2, 0) is 0 Å². The predicted octanol–water partition coefficient (Wildman–Crippen LogP) is 4.78. The summed E-state index contributed by atoms with van der Waals surface area (Å²) in [6.07, 6.45) is 0. The maximum atomic E-state index is 5.32. The SMILES string of the molecule is COc1ccc([C@H](NC(C)C)[C@@H](NC(C)C)c2ccc(C)cc2)cc1. The van der Waals surface area contributed by atoms with Gasteiger partial charge in [0.15, 0.2) is 0 Å². The van der Waals surface area contributed by atoms with Gasteiger partial charge in [-0.25, -0.2) is 0 Å². The summed E-state index contributed by atoms with van der Waals surface area (Å²) < 4.78 is 5.32. The van der Waals surface area contributed by atoms with E-state index >= 15 is 0 Å². The zero-order valence-electron chi connectivity index (χ0n) is 16.3. The molecule has 25 heavy (non-hydrogen) atoms. The van der Waals surface area contributed by atoms with Crippen molar-refractivity contribution in [3.05, 3.63) is 65.2 Å². The summed E-state index contributed by atoms with van der Waals surface area (Å²) in [5, 5.41) is 7.50. The smallest absolute Gasteiger partial charge is 0.118 e. The fourth-order valence-corrected chi connectivity index (χ4v) is 3.07. The Balaban J connectivity index is 2.42. The van der Waals surface area contributed by atoms with Crippen molar-refractivity contribution < 1.29 is 4.74 Å². The number of hydrogen-bond acceptors (Lipinski definition) is 3. The lowest BCUT2D eigenvalue weighted by atomic mass is 9.91. The number of methoxy groups -OCH3 is 1. The van der Waals surface area contributed by atoms with Crippen LogP contribution in [-0.4, -0.2) is 19.2 Å². The Morgan fingerprint density at radius 1 is 0.680 bits per heavy atom. The van der Waals surface area contributed by atoms with E-state index in [4.69, 9.17) is 4.74 Å². The van der Waals surface area contributed by atoms with Crippen molar-refractivity contribution in [1.82, 2.24) is 10.6 Å². The third-order valence-corrected chi connectivity index (χ3v) is 4.27. The molecule has 3 heteroatoms. The Kier molecular flexibility index (Phi) is 7.03. The third-order valence-electron chi connectivity index (χ3n) is 4.27. The molecule has 0 unspecified atom stereocenters. The van der Waals surface area contributed by atoms with Crippen LogP contribution in [0, 0.1) is 6.92 Å². The zero-order chi connectivity index (χ0) is 18.4. The quantitative estimate of drug-likeness (QED) is 0.725. The fraction of sp³-hybridized carbons (Fsp3) is 0.455. The van der Waals surface area contributed by atoms with Crippen molar-refractivity contribution in [2.24, 2.45) is 0 Å². The number of ether oxygens (including phenoxy) is 1. The lowest BCUT2D eigenvalue weighted by Crippen LogP contribution is -2.40. The lowest BCUT2D eigenvalue weighted by molar-refractivity contribution is 0.341. The molecule has 0 amide bonds. The van der Waals surface area contributed by atoms with Crippen LogP contribution in [0.4, 0.5) is 0 Å². The van der Waals surface area contributed by atoms with Gasteiger partial charge in [-0.1, -0.05) is 69.7 Å². The molecule has 0 aliphatic rings. The molecule has 3 nitrogen and oxygen atoms in total. The Morgan fingerprint density at radius 2 is 1.08 bits per heavy atom. The highest BCUT2D eigenvalue weighted by Gasteiger charge is 2.26. The van der Waals surface area contributed by atoms with Gasteiger partial charge in [-0.05, 0) is 30.2 Å². The number of hydrogen-bond donors (Lipinski definition) is 2. The normalized spacial score (nSPS) is 13.9. The zero-order valence-corrected chi connectivity index (χ0v) is 16.3. The van der Waals surface area contributed by atoms with Crippen LogP contribution < -0.4 is 15.4 Å². The highest BCUT2D eigenvalue weighted by Crippen LogP contribution is 2.31. The van der Waals surface area contributed by atoms with Crippen LogP contribution >= 0.6 is 0 Å². The summed E-state index contributed by atoms with van der Waals surface area (Å²) >= 11 is 0. The average molecular weight is 341 g/mol. The van der Waals surface area contributed by atoms with E-state index in [0.29, 0.717) is 12.1 Å². The Bertz CT molecular complexity index is 632. The van der Waals surface area contributed by atoms with Gasteiger partial charge >= 0.3 is 0 Å². The summed E-state index contributed by atoms with van der Waals surface area (Å²) in [4.78, 5) is 0. The molecule has 0 bridgehead atoms. The fourth-order valence-electron chi connectivity index (χ4n) is 3.07. The molecule has 0 saturated heterocycles. The van der Waals surface area contributed by atoms with Gasteiger partial charge in [0.25, 0.3) is 0 Å². The second-order valence-corrected chi connectivity index (χ2v) is 7.28. The van der Waals surface area contributed by atoms with Crippen LogP contribution in [0.5, 0.6) is 5.75 Å². The molecular formula is C22H32N2O. The number of nitrogens with one attached hydrogen (secondary N) is 2. The van der Waals surface area contributed by atoms with E-state index < -0.39 is 0 Å². The summed E-state index contributed by atoms with van der Waals surface area (Å²) in [6.45, 7) is 10.9. The molecule has 2 atom stereocenters. The first kappa shape index (κ1) is 19.5. The first-order valence-corrected chi connectivity index (χ1v) is 9.13.